The lowest BCUT2D eigenvalue weighted by atomic mass is 10.2. The van der Waals surface area contributed by atoms with Crippen LogP contribution < -0.4 is 5.17 Å². The van der Waals surface area contributed by atoms with Gasteiger partial charge < -0.3 is 10.4 Å². The molecule has 0 radical (unpaired) electrons. The molecule has 3 nitrogen and oxygen atoms in total. The summed E-state index contributed by atoms with van der Waals surface area (Å²) in [6.45, 7) is 0. The van der Waals surface area contributed by atoms with Crippen LogP contribution in [-0.4, -0.2) is 6.21 Å². The molecule has 1 aromatic rings. The van der Waals surface area contributed by atoms with E-state index in [2.05, 4.69) is 5.10 Å². The lowest BCUT2D eigenvalue weighted by molar-refractivity contribution is 1.10. The van der Waals surface area contributed by atoms with Crippen molar-refractivity contribution in [1.82, 2.24) is 0 Å². The molecule has 1 aromatic carbocycles. The molecular weight excluding hydrogens is 152 g/mol. The van der Waals surface area contributed by atoms with E-state index in [9.17, 15) is 5.21 Å². The molecule has 0 amide bonds. The van der Waals surface area contributed by atoms with Crippen molar-refractivity contribution in [2.75, 3.05) is 5.17 Å². The number of hydrazone groups is 1. The number of anilines is 1. The van der Waals surface area contributed by atoms with Crippen molar-refractivity contribution in [1.29, 1.82) is 0 Å². The van der Waals surface area contributed by atoms with Crippen LogP contribution in [-0.2, 0) is 0 Å². The molecule has 1 aliphatic heterocycles. The number of hydrogen-bond acceptors (Lipinski definition) is 3. The Hall–Kier alpha value is -1.61. The average molecular weight is 159 g/mol. The highest BCUT2D eigenvalue weighted by molar-refractivity contribution is 5.84. The zero-order valence-corrected chi connectivity index (χ0v) is 6.34. The number of nitrogens with zero attached hydrogens (tertiary/aromatic N) is 2. The second kappa shape index (κ2) is 2.79. The van der Waals surface area contributed by atoms with Gasteiger partial charge in [-0.25, -0.2) is 0 Å². The molecule has 0 saturated carbocycles. The van der Waals surface area contributed by atoms with Gasteiger partial charge in [0.15, 0.2) is 0 Å². The van der Waals surface area contributed by atoms with Crippen molar-refractivity contribution < 1.29 is 0 Å². The zero-order chi connectivity index (χ0) is 8.39. The number of hydrogen-bond donors (Lipinski definition) is 0. The summed E-state index contributed by atoms with van der Waals surface area (Å²) < 4.78 is 0. The molecule has 2 rings (SSSR count). The number of benzene rings is 1. The minimum atomic E-state index is 0.586. The SMILES string of the molecule is [O-]N1N=CC=Cc2ccccc21. The van der Waals surface area contributed by atoms with Gasteiger partial charge in [0.2, 0.25) is 0 Å². The van der Waals surface area contributed by atoms with Crippen LogP contribution in [0, 0.1) is 5.21 Å². The normalized spacial score (nSPS) is 14.2. The van der Waals surface area contributed by atoms with Crippen LogP contribution in [0.25, 0.3) is 6.08 Å². The Morgan fingerprint density at radius 1 is 1.25 bits per heavy atom. The molecule has 0 atom stereocenters. The molecule has 1 heterocycles. The Morgan fingerprint density at radius 3 is 3.00 bits per heavy atom. The van der Waals surface area contributed by atoms with E-state index in [1.54, 1.807) is 12.1 Å². The van der Waals surface area contributed by atoms with Crippen LogP contribution in [0.2, 0.25) is 0 Å². The molecule has 3 heteroatoms. The highest BCUT2D eigenvalue weighted by atomic mass is 16.5. The van der Waals surface area contributed by atoms with E-state index in [0.29, 0.717) is 10.9 Å². The lowest BCUT2D eigenvalue weighted by Gasteiger charge is -2.24. The minimum Gasteiger partial charge on any atom is -0.737 e. The van der Waals surface area contributed by atoms with Gasteiger partial charge >= 0.3 is 0 Å². The molecule has 0 aliphatic carbocycles. The van der Waals surface area contributed by atoms with Crippen LogP contribution in [0.4, 0.5) is 5.69 Å². The van der Waals surface area contributed by atoms with E-state index in [1.165, 1.54) is 6.21 Å². The Kier molecular flexibility index (Phi) is 1.64. The summed E-state index contributed by atoms with van der Waals surface area (Å²) in [4.78, 5) is 0. The fourth-order valence-corrected chi connectivity index (χ4v) is 1.11. The summed E-state index contributed by atoms with van der Waals surface area (Å²) in [5.41, 5.74) is 1.48. The molecule has 0 N–H and O–H groups in total. The Morgan fingerprint density at radius 2 is 2.08 bits per heavy atom. The number of para-hydroxylation sites is 1. The first-order valence-electron chi connectivity index (χ1n) is 3.65. The minimum absolute atomic E-state index is 0.586. The van der Waals surface area contributed by atoms with Crippen LogP contribution in [0.1, 0.15) is 5.56 Å². The molecule has 0 bridgehead atoms. The van der Waals surface area contributed by atoms with Crippen LogP contribution in [0.5, 0.6) is 0 Å². The Labute approximate surface area is 70.2 Å². The second-order valence-corrected chi connectivity index (χ2v) is 2.46. The molecule has 0 fully saturated rings. The third-order valence-corrected chi connectivity index (χ3v) is 1.68. The molecule has 0 aromatic heterocycles. The first-order valence-corrected chi connectivity index (χ1v) is 3.65. The van der Waals surface area contributed by atoms with Crippen molar-refractivity contribution in [3.05, 3.63) is 41.1 Å². The molecule has 60 valence electrons. The van der Waals surface area contributed by atoms with Crippen LogP contribution in [0.3, 0.4) is 0 Å². The predicted molar refractivity (Wildman–Crippen MR) is 49.8 cm³/mol. The van der Waals surface area contributed by atoms with Crippen LogP contribution >= 0.6 is 0 Å². The Balaban J connectivity index is 2.56. The zero-order valence-electron chi connectivity index (χ0n) is 6.34. The highest BCUT2D eigenvalue weighted by Gasteiger charge is 1.99. The maximum Gasteiger partial charge on any atom is 0.0539 e. The van der Waals surface area contributed by atoms with Gasteiger partial charge in [-0.3, -0.25) is 0 Å². The van der Waals surface area contributed by atoms with E-state index in [1.807, 2.05) is 24.3 Å². The molecular formula is C9H7N2O-. The Bertz CT molecular complexity index is 344. The highest BCUT2D eigenvalue weighted by Crippen LogP contribution is 2.22. The summed E-state index contributed by atoms with van der Waals surface area (Å²) in [7, 11) is 0. The number of fused-ring (bicyclic) bond motifs is 1. The van der Waals surface area contributed by atoms with Gasteiger partial charge in [-0.15, -0.1) is 0 Å². The number of allylic oxidation sites excluding steroid dienone is 1. The van der Waals surface area contributed by atoms with Crippen molar-refractivity contribution in [3.8, 4) is 0 Å². The van der Waals surface area contributed by atoms with Gasteiger partial charge in [0.1, 0.15) is 0 Å². The van der Waals surface area contributed by atoms with Crippen molar-refractivity contribution in [2.24, 2.45) is 5.10 Å². The van der Waals surface area contributed by atoms with Gasteiger partial charge in [-0.1, -0.05) is 24.3 Å². The average Bonchev–Trinajstić information content (AvgIpc) is 2.29. The van der Waals surface area contributed by atoms with Gasteiger partial charge in [-0.05, 0) is 17.7 Å². The van der Waals surface area contributed by atoms with E-state index in [0.717, 1.165) is 5.56 Å². The smallest absolute Gasteiger partial charge is 0.0539 e. The fraction of sp³-hybridized carbons (Fsp3) is 0. The molecule has 0 unspecified atom stereocenters. The van der Waals surface area contributed by atoms with Gasteiger partial charge in [0.25, 0.3) is 0 Å². The van der Waals surface area contributed by atoms with Crippen molar-refractivity contribution in [3.63, 3.8) is 0 Å². The van der Waals surface area contributed by atoms with Gasteiger partial charge in [0.05, 0.1) is 5.69 Å². The standard InChI is InChI=1S/C9H7N2O/c12-11-9-6-2-1-4-8(9)5-3-7-10-11/h1-7H/q-1. The maximum atomic E-state index is 11.2. The lowest BCUT2D eigenvalue weighted by Crippen LogP contribution is -2.05. The second-order valence-electron chi connectivity index (χ2n) is 2.46. The fourth-order valence-electron chi connectivity index (χ4n) is 1.11. The first kappa shape index (κ1) is 7.06. The summed E-state index contributed by atoms with van der Waals surface area (Å²) >= 11 is 0. The largest absolute Gasteiger partial charge is 0.737 e. The van der Waals surface area contributed by atoms with Gasteiger partial charge in [0, 0.05) is 6.21 Å². The summed E-state index contributed by atoms with van der Waals surface area (Å²) in [5, 5.41) is 15.4. The van der Waals surface area contributed by atoms with E-state index in [4.69, 9.17) is 0 Å². The summed E-state index contributed by atoms with van der Waals surface area (Å²) in [6.07, 6.45) is 5.08. The monoisotopic (exact) mass is 159 g/mol. The van der Waals surface area contributed by atoms with E-state index < -0.39 is 0 Å². The molecule has 12 heavy (non-hydrogen) atoms. The van der Waals surface area contributed by atoms with Crippen molar-refractivity contribution >= 4 is 18.0 Å². The molecule has 0 spiro atoms. The third kappa shape index (κ3) is 1.10. The summed E-state index contributed by atoms with van der Waals surface area (Å²) in [6, 6.07) is 7.33. The maximum absolute atomic E-state index is 11.2. The topological polar surface area (TPSA) is 38.7 Å². The molecule has 1 aliphatic rings. The first-order chi connectivity index (χ1) is 5.88. The quantitative estimate of drug-likeness (QED) is 0.580. The van der Waals surface area contributed by atoms with Crippen LogP contribution in [0.15, 0.2) is 35.4 Å². The van der Waals surface area contributed by atoms with Crippen molar-refractivity contribution in [2.45, 2.75) is 0 Å². The third-order valence-electron chi connectivity index (χ3n) is 1.68. The van der Waals surface area contributed by atoms with Gasteiger partial charge in [-0.2, -0.15) is 5.10 Å². The molecule has 0 saturated heterocycles. The predicted octanol–water partition coefficient (Wildman–Crippen LogP) is 2.00. The number of rotatable bonds is 0. The van der Waals surface area contributed by atoms with E-state index >= 15 is 0 Å². The van der Waals surface area contributed by atoms with E-state index in [-0.39, 0.29) is 0 Å². The summed E-state index contributed by atoms with van der Waals surface area (Å²) in [5.74, 6) is 0.